The zero-order valence-electron chi connectivity index (χ0n) is 8.39. The maximum absolute atomic E-state index is 11.9. The van der Waals surface area contributed by atoms with Crippen molar-refractivity contribution in [3.63, 3.8) is 0 Å². The average Bonchev–Trinajstić information content (AvgIpc) is 2.30. The van der Waals surface area contributed by atoms with E-state index in [-0.39, 0.29) is 0 Å². The zero-order valence-corrected chi connectivity index (χ0v) is 9.96. The molecule has 0 heterocycles. The van der Waals surface area contributed by atoms with Gasteiger partial charge in [0.2, 0.25) is 0 Å². The molecule has 2 rings (SSSR count). The van der Waals surface area contributed by atoms with Crippen molar-refractivity contribution in [1.82, 2.24) is 0 Å². The minimum Gasteiger partial charge on any atom is -0.301 e. The molecule has 0 aliphatic carbocycles. The molecule has 0 saturated carbocycles. The van der Waals surface area contributed by atoms with Crippen LogP contribution in [0.2, 0.25) is 5.02 Å². The highest BCUT2D eigenvalue weighted by molar-refractivity contribution is 7.86. The Kier molecular flexibility index (Phi) is 3.59. The van der Waals surface area contributed by atoms with Crippen molar-refractivity contribution in [2.24, 2.45) is 0 Å². The first-order chi connectivity index (χ1) is 7.75. The van der Waals surface area contributed by atoms with Gasteiger partial charge in [-0.1, -0.05) is 35.9 Å². The molecule has 82 valence electrons. The van der Waals surface area contributed by atoms with Crippen molar-refractivity contribution in [3.8, 4) is 0 Å². The van der Waals surface area contributed by atoms with E-state index in [0.29, 0.717) is 9.92 Å². The van der Waals surface area contributed by atoms with E-state index < -0.39 is 11.0 Å². The predicted octanol–water partition coefficient (Wildman–Crippen LogP) is 3.47. The lowest BCUT2D eigenvalue weighted by atomic mass is 10.3. The minimum atomic E-state index is -1.28. The Labute approximate surface area is 102 Å². The summed E-state index contributed by atoms with van der Waals surface area (Å²) < 4.78 is 14.8. The second-order valence-electron chi connectivity index (χ2n) is 3.19. The van der Waals surface area contributed by atoms with Crippen LogP contribution >= 0.6 is 11.6 Å². The largest absolute Gasteiger partial charge is 0.301 e. The van der Waals surface area contributed by atoms with Crippen LogP contribution in [-0.2, 0) is 11.0 Å². The Morgan fingerprint density at radius 1 is 1.00 bits per heavy atom. The first-order valence-corrected chi connectivity index (χ1v) is 6.27. The van der Waals surface area contributed by atoms with E-state index in [2.05, 4.69) is 4.72 Å². The van der Waals surface area contributed by atoms with Gasteiger partial charge >= 0.3 is 0 Å². The Morgan fingerprint density at radius 3 is 2.44 bits per heavy atom. The molecule has 0 radical (unpaired) electrons. The standard InChI is InChI=1S/C12H10ClNOS/c13-10-5-4-8-12(9-10)16(15)14-11-6-2-1-3-7-11/h1-9,14H/t16-/m1/s1. The summed E-state index contributed by atoms with van der Waals surface area (Å²) >= 11 is 5.83. The summed E-state index contributed by atoms with van der Waals surface area (Å²) in [6, 6.07) is 16.4. The highest BCUT2D eigenvalue weighted by Crippen LogP contribution is 2.16. The van der Waals surface area contributed by atoms with Crippen molar-refractivity contribution in [2.75, 3.05) is 4.72 Å². The van der Waals surface area contributed by atoms with Gasteiger partial charge in [-0.3, -0.25) is 0 Å². The van der Waals surface area contributed by atoms with E-state index in [1.54, 1.807) is 24.3 Å². The monoisotopic (exact) mass is 251 g/mol. The molecule has 0 spiro atoms. The number of hydrogen-bond acceptors (Lipinski definition) is 1. The highest BCUT2D eigenvalue weighted by Gasteiger charge is 2.03. The van der Waals surface area contributed by atoms with Gasteiger partial charge in [0.1, 0.15) is 11.0 Å². The van der Waals surface area contributed by atoms with Crippen LogP contribution in [0, 0.1) is 0 Å². The number of para-hydroxylation sites is 1. The molecule has 16 heavy (non-hydrogen) atoms. The molecular weight excluding hydrogens is 242 g/mol. The number of anilines is 1. The SMILES string of the molecule is O=[S@@](Nc1ccccc1)c1cccc(Cl)c1. The normalized spacial score (nSPS) is 12.1. The maximum Gasteiger partial charge on any atom is 0.150 e. The quantitative estimate of drug-likeness (QED) is 0.889. The van der Waals surface area contributed by atoms with Crippen LogP contribution in [0.1, 0.15) is 0 Å². The van der Waals surface area contributed by atoms with Gasteiger partial charge in [0.05, 0.1) is 4.90 Å². The van der Waals surface area contributed by atoms with Gasteiger partial charge in [-0.25, -0.2) is 4.21 Å². The lowest BCUT2D eigenvalue weighted by molar-refractivity contribution is 0.686. The molecular formula is C12H10ClNOS. The van der Waals surface area contributed by atoms with Crippen LogP contribution in [0.3, 0.4) is 0 Å². The molecule has 4 heteroatoms. The zero-order chi connectivity index (χ0) is 11.4. The van der Waals surface area contributed by atoms with Crippen molar-refractivity contribution < 1.29 is 4.21 Å². The molecule has 0 aliphatic rings. The molecule has 0 saturated heterocycles. The molecule has 1 N–H and O–H groups in total. The fraction of sp³-hybridized carbons (Fsp3) is 0. The summed E-state index contributed by atoms with van der Waals surface area (Å²) in [5, 5.41) is 0.584. The van der Waals surface area contributed by atoms with Gasteiger partial charge in [-0.05, 0) is 30.3 Å². The minimum absolute atomic E-state index is 0.584. The van der Waals surface area contributed by atoms with Crippen LogP contribution in [0.4, 0.5) is 5.69 Å². The summed E-state index contributed by atoms with van der Waals surface area (Å²) in [5.74, 6) is 0. The van der Waals surface area contributed by atoms with Crippen LogP contribution in [0.15, 0.2) is 59.5 Å². The van der Waals surface area contributed by atoms with Crippen molar-refractivity contribution in [2.45, 2.75) is 4.90 Å². The van der Waals surface area contributed by atoms with E-state index in [1.165, 1.54) is 0 Å². The van der Waals surface area contributed by atoms with Gasteiger partial charge in [-0.15, -0.1) is 0 Å². The third-order valence-electron chi connectivity index (χ3n) is 1.99. The van der Waals surface area contributed by atoms with Crippen LogP contribution in [0.25, 0.3) is 0 Å². The molecule has 0 fully saturated rings. The molecule has 0 aliphatic heterocycles. The Morgan fingerprint density at radius 2 is 1.75 bits per heavy atom. The van der Waals surface area contributed by atoms with Gasteiger partial charge in [-0.2, -0.15) is 0 Å². The Hall–Kier alpha value is -1.32. The van der Waals surface area contributed by atoms with E-state index >= 15 is 0 Å². The molecule has 0 aromatic heterocycles. The second kappa shape index (κ2) is 5.14. The lowest BCUT2D eigenvalue weighted by Crippen LogP contribution is -2.04. The van der Waals surface area contributed by atoms with Gasteiger partial charge in [0.25, 0.3) is 0 Å². The van der Waals surface area contributed by atoms with E-state index in [4.69, 9.17) is 11.6 Å². The number of rotatable bonds is 3. The smallest absolute Gasteiger partial charge is 0.150 e. The second-order valence-corrected chi connectivity index (χ2v) is 4.84. The van der Waals surface area contributed by atoms with Gasteiger partial charge in [0, 0.05) is 10.7 Å². The van der Waals surface area contributed by atoms with E-state index in [9.17, 15) is 4.21 Å². The summed E-state index contributed by atoms with van der Waals surface area (Å²) in [7, 11) is -1.28. The number of nitrogens with one attached hydrogen (secondary N) is 1. The first-order valence-electron chi connectivity index (χ1n) is 4.75. The molecule has 2 nitrogen and oxygen atoms in total. The molecule has 1 atom stereocenters. The Bertz CT molecular complexity index is 501. The van der Waals surface area contributed by atoms with Gasteiger partial charge < -0.3 is 4.72 Å². The van der Waals surface area contributed by atoms with Crippen molar-refractivity contribution in [3.05, 3.63) is 59.6 Å². The molecule has 2 aromatic rings. The topological polar surface area (TPSA) is 29.1 Å². The van der Waals surface area contributed by atoms with E-state index in [1.807, 2.05) is 30.3 Å². The molecule has 0 unspecified atom stereocenters. The highest BCUT2D eigenvalue weighted by atomic mass is 35.5. The predicted molar refractivity (Wildman–Crippen MR) is 67.9 cm³/mol. The third kappa shape index (κ3) is 2.84. The summed E-state index contributed by atoms with van der Waals surface area (Å²) in [5.41, 5.74) is 0.820. The Balaban J connectivity index is 2.15. The summed E-state index contributed by atoms with van der Waals surface area (Å²) in [6.45, 7) is 0. The third-order valence-corrected chi connectivity index (χ3v) is 3.33. The fourth-order valence-electron chi connectivity index (χ4n) is 1.25. The molecule has 2 aromatic carbocycles. The summed E-state index contributed by atoms with van der Waals surface area (Å²) in [6.07, 6.45) is 0. The maximum atomic E-state index is 11.9. The average molecular weight is 252 g/mol. The number of halogens is 1. The van der Waals surface area contributed by atoms with Gasteiger partial charge in [0.15, 0.2) is 0 Å². The summed E-state index contributed by atoms with van der Waals surface area (Å²) in [4.78, 5) is 0.663. The van der Waals surface area contributed by atoms with Crippen LogP contribution in [0.5, 0.6) is 0 Å². The van der Waals surface area contributed by atoms with Crippen molar-refractivity contribution in [1.29, 1.82) is 0 Å². The molecule has 0 amide bonds. The lowest BCUT2D eigenvalue weighted by Gasteiger charge is -2.05. The van der Waals surface area contributed by atoms with Crippen LogP contribution in [-0.4, -0.2) is 4.21 Å². The molecule has 0 bridgehead atoms. The fourth-order valence-corrected chi connectivity index (χ4v) is 2.41. The first kappa shape index (κ1) is 11.2. The van der Waals surface area contributed by atoms with E-state index in [0.717, 1.165) is 5.69 Å². The van der Waals surface area contributed by atoms with Crippen molar-refractivity contribution >= 4 is 28.3 Å². The van der Waals surface area contributed by atoms with Crippen LogP contribution < -0.4 is 4.72 Å². The number of benzene rings is 2. The number of hydrogen-bond donors (Lipinski definition) is 1.